The van der Waals surface area contributed by atoms with Crippen LogP contribution >= 0.6 is 0 Å². The maximum atomic E-state index is 5.22. The Morgan fingerprint density at radius 1 is 0.630 bits per heavy atom. The molecule has 0 radical (unpaired) electrons. The molecule has 0 amide bonds. The van der Waals surface area contributed by atoms with Crippen molar-refractivity contribution in [3.05, 3.63) is 97.3 Å². The highest BCUT2D eigenvalue weighted by molar-refractivity contribution is 5.73. The van der Waals surface area contributed by atoms with Crippen LogP contribution in [0.3, 0.4) is 0 Å². The molecule has 0 saturated carbocycles. The van der Waals surface area contributed by atoms with Crippen LogP contribution < -0.4 is 9.64 Å². The summed E-state index contributed by atoms with van der Waals surface area (Å²) in [5.41, 5.74) is 4.04. The summed E-state index contributed by atoms with van der Waals surface area (Å²) in [5.74, 6) is 1.46. The van der Waals surface area contributed by atoms with E-state index in [0.29, 0.717) is 5.95 Å². The van der Waals surface area contributed by atoms with E-state index in [-0.39, 0.29) is 0 Å². The van der Waals surface area contributed by atoms with Crippen molar-refractivity contribution in [2.24, 2.45) is 0 Å². The molecule has 4 nitrogen and oxygen atoms in total. The first-order valence-electron chi connectivity index (χ1n) is 8.72. The number of methoxy groups -OCH3 is 1. The fourth-order valence-corrected chi connectivity index (χ4v) is 2.90. The van der Waals surface area contributed by atoms with Crippen LogP contribution in [0.4, 0.5) is 17.3 Å². The Kier molecular flexibility index (Phi) is 4.79. The van der Waals surface area contributed by atoms with Crippen molar-refractivity contribution in [3.8, 4) is 16.9 Å². The number of rotatable bonds is 5. The quantitative estimate of drug-likeness (QED) is 0.466. The van der Waals surface area contributed by atoms with Crippen LogP contribution in [0.15, 0.2) is 97.3 Å². The van der Waals surface area contributed by atoms with Crippen LogP contribution in [0, 0.1) is 0 Å². The normalized spacial score (nSPS) is 10.4. The van der Waals surface area contributed by atoms with E-state index < -0.39 is 0 Å². The standard InChI is InChI=1S/C23H19N3O/c1-27-22-14-12-18(13-15-22)19-16-24-23(25-17-19)26(20-8-4-2-5-9-20)21-10-6-3-7-11-21/h2-17H,1H3. The Bertz CT molecular complexity index is 946. The fourth-order valence-electron chi connectivity index (χ4n) is 2.90. The van der Waals surface area contributed by atoms with E-state index in [1.807, 2.05) is 102 Å². The summed E-state index contributed by atoms with van der Waals surface area (Å²) < 4.78 is 5.22. The zero-order chi connectivity index (χ0) is 18.5. The first-order valence-corrected chi connectivity index (χ1v) is 8.72. The minimum Gasteiger partial charge on any atom is -0.497 e. The largest absolute Gasteiger partial charge is 0.497 e. The summed E-state index contributed by atoms with van der Waals surface area (Å²) in [7, 11) is 1.66. The number of anilines is 3. The van der Waals surface area contributed by atoms with Gasteiger partial charge >= 0.3 is 0 Å². The third-order valence-corrected chi connectivity index (χ3v) is 4.29. The zero-order valence-corrected chi connectivity index (χ0v) is 15.0. The lowest BCUT2D eigenvalue weighted by Crippen LogP contribution is -2.13. The van der Waals surface area contributed by atoms with Crippen LogP contribution in [-0.2, 0) is 0 Å². The molecule has 132 valence electrons. The molecule has 0 aliphatic carbocycles. The second-order valence-corrected chi connectivity index (χ2v) is 6.01. The molecule has 0 spiro atoms. The molecule has 4 rings (SSSR count). The molecule has 0 unspecified atom stereocenters. The summed E-state index contributed by atoms with van der Waals surface area (Å²) in [6.45, 7) is 0. The van der Waals surface area contributed by atoms with Crippen molar-refractivity contribution < 1.29 is 4.74 Å². The minimum absolute atomic E-state index is 0.629. The number of nitrogens with zero attached hydrogens (tertiary/aromatic N) is 3. The highest BCUT2D eigenvalue weighted by atomic mass is 16.5. The van der Waals surface area contributed by atoms with Crippen molar-refractivity contribution in [2.45, 2.75) is 0 Å². The van der Waals surface area contributed by atoms with Crippen LogP contribution in [0.5, 0.6) is 5.75 Å². The summed E-state index contributed by atoms with van der Waals surface area (Å²) in [6, 6.07) is 28.1. The Labute approximate surface area is 158 Å². The van der Waals surface area contributed by atoms with E-state index in [1.165, 1.54) is 0 Å². The second-order valence-electron chi connectivity index (χ2n) is 6.01. The van der Waals surface area contributed by atoms with E-state index in [4.69, 9.17) is 4.74 Å². The third kappa shape index (κ3) is 3.65. The number of ether oxygens (including phenoxy) is 1. The summed E-state index contributed by atoms with van der Waals surface area (Å²) in [6.07, 6.45) is 3.70. The molecule has 0 fully saturated rings. The predicted octanol–water partition coefficient (Wildman–Crippen LogP) is 5.62. The van der Waals surface area contributed by atoms with E-state index in [1.54, 1.807) is 7.11 Å². The van der Waals surface area contributed by atoms with Gasteiger partial charge in [0.05, 0.1) is 7.11 Å². The Morgan fingerprint density at radius 3 is 1.63 bits per heavy atom. The molecule has 0 N–H and O–H groups in total. The van der Waals surface area contributed by atoms with Crippen molar-refractivity contribution in [2.75, 3.05) is 12.0 Å². The molecule has 0 atom stereocenters. The number of aromatic nitrogens is 2. The summed E-state index contributed by atoms with van der Waals surface area (Å²) >= 11 is 0. The average molecular weight is 353 g/mol. The summed E-state index contributed by atoms with van der Waals surface area (Å²) in [5, 5.41) is 0. The molecular weight excluding hydrogens is 334 g/mol. The van der Waals surface area contributed by atoms with Crippen LogP contribution in [0.25, 0.3) is 11.1 Å². The molecule has 0 aliphatic heterocycles. The molecule has 27 heavy (non-hydrogen) atoms. The van der Waals surface area contributed by atoms with E-state index in [9.17, 15) is 0 Å². The number of benzene rings is 3. The second kappa shape index (κ2) is 7.70. The Morgan fingerprint density at radius 2 is 1.15 bits per heavy atom. The lowest BCUT2D eigenvalue weighted by atomic mass is 10.1. The van der Waals surface area contributed by atoms with Gasteiger partial charge in [-0.2, -0.15) is 0 Å². The smallest absolute Gasteiger partial charge is 0.234 e. The van der Waals surface area contributed by atoms with Gasteiger partial charge in [-0.1, -0.05) is 48.5 Å². The number of hydrogen-bond acceptors (Lipinski definition) is 4. The topological polar surface area (TPSA) is 38.2 Å². The molecule has 0 aliphatic rings. The van der Waals surface area contributed by atoms with E-state index in [0.717, 1.165) is 28.3 Å². The first kappa shape index (κ1) is 16.8. The highest BCUT2D eigenvalue weighted by Crippen LogP contribution is 2.32. The molecule has 4 heteroatoms. The maximum absolute atomic E-state index is 5.22. The molecule has 0 saturated heterocycles. The highest BCUT2D eigenvalue weighted by Gasteiger charge is 2.14. The van der Waals surface area contributed by atoms with Gasteiger partial charge in [-0.05, 0) is 42.0 Å². The SMILES string of the molecule is COc1ccc(-c2cnc(N(c3ccccc3)c3ccccc3)nc2)cc1. The lowest BCUT2D eigenvalue weighted by molar-refractivity contribution is 0.415. The predicted molar refractivity (Wildman–Crippen MR) is 109 cm³/mol. The van der Waals surface area contributed by atoms with Crippen molar-refractivity contribution in [1.29, 1.82) is 0 Å². The van der Waals surface area contributed by atoms with Crippen molar-refractivity contribution in [3.63, 3.8) is 0 Å². The maximum Gasteiger partial charge on any atom is 0.234 e. The molecule has 4 aromatic rings. The molecule has 1 heterocycles. The van der Waals surface area contributed by atoms with Crippen LogP contribution in [0.2, 0.25) is 0 Å². The van der Waals surface area contributed by atoms with Gasteiger partial charge < -0.3 is 4.74 Å². The van der Waals surface area contributed by atoms with Crippen molar-refractivity contribution in [1.82, 2.24) is 9.97 Å². The molecule has 0 bridgehead atoms. The van der Waals surface area contributed by atoms with Crippen LogP contribution in [0.1, 0.15) is 0 Å². The number of hydrogen-bond donors (Lipinski definition) is 0. The van der Waals surface area contributed by atoms with Gasteiger partial charge in [-0.25, -0.2) is 9.97 Å². The lowest BCUT2D eigenvalue weighted by Gasteiger charge is -2.23. The number of para-hydroxylation sites is 2. The van der Waals surface area contributed by atoms with Gasteiger partial charge in [0.2, 0.25) is 5.95 Å². The van der Waals surface area contributed by atoms with Gasteiger partial charge in [0.25, 0.3) is 0 Å². The molecular formula is C23H19N3O. The van der Waals surface area contributed by atoms with Gasteiger partial charge in [0.1, 0.15) is 5.75 Å². The molecule has 1 aromatic heterocycles. The minimum atomic E-state index is 0.629. The average Bonchev–Trinajstić information content (AvgIpc) is 2.76. The van der Waals surface area contributed by atoms with E-state index >= 15 is 0 Å². The van der Waals surface area contributed by atoms with Crippen molar-refractivity contribution >= 4 is 17.3 Å². The van der Waals surface area contributed by atoms with E-state index in [2.05, 4.69) is 9.97 Å². The van der Waals surface area contributed by atoms with Gasteiger partial charge in [-0.3, -0.25) is 4.90 Å². The van der Waals surface area contributed by atoms with Gasteiger partial charge in [-0.15, -0.1) is 0 Å². The molecule has 3 aromatic carbocycles. The van der Waals surface area contributed by atoms with Crippen LogP contribution in [-0.4, -0.2) is 17.1 Å². The van der Waals surface area contributed by atoms with Gasteiger partial charge in [0, 0.05) is 29.3 Å². The third-order valence-electron chi connectivity index (χ3n) is 4.29. The Balaban J connectivity index is 1.70. The zero-order valence-electron chi connectivity index (χ0n) is 15.0. The fraction of sp³-hybridized carbons (Fsp3) is 0.0435. The first-order chi connectivity index (χ1) is 13.3. The van der Waals surface area contributed by atoms with Gasteiger partial charge in [0.15, 0.2) is 0 Å². The summed E-state index contributed by atoms with van der Waals surface area (Å²) in [4.78, 5) is 11.3. The Hall–Kier alpha value is -3.66. The monoisotopic (exact) mass is 353 g/mol.